The van der Waals surface area contributed by atoms with Crippen molar-refractivity contribution in [1.29, 1.82) is 0 Å². The molecule has 0 N–H and O–H groups in total. The van der Waals surface area contributed by atoms with E-state index >= 15 is 0 Å². The number of carbonyl (C=O) groups is 2. The van der Waals surface area contributed by atoms with E-state index in [4.69, 9.17) is 25.8 Å². The highest BCUT2D eigenvalue weighted by atomic mass is 79.9. The first-order valence-electron chi connectivity index (χ1n) is 11.3. The lowest BCUT2D eigenvalue weighted by Crippen LogP contribution is -2.08. The zero-order chi connectivity index (χ0) is 25.9. The zero-order valence-corrected chi connectivity index (χ0v) is 22.7. The summed E-state index contributed by atoms with van der Waals surface area (Å²) in [5, 5.41) is 1.13. The first-order valence-corrected chi connectivity index (χ1v) is 13.3. The minimum Gasteiger partial charge on any atom is -0.490 e. The molecule has 0 radical (unpaired) electrons. The predicted molar refractivity (Wildman–Crippen MR) is 149 cm³/mol. The number of aliphatic imine (C=N–C) groups is 1. The molecule has 0 spiro atoms. The molecule has 37 heavy (non-hydrogen) atoms. The van der Waals surface area contributed by atoms with E-state index in [9.17, 15) is 9.59 Å². The van der Waals surface area contributed by atoms with Gasteiger partial charge in [-0.2, -0.15) is 0 Å². The molecule has 2 heterocycles. The van der Waals surface area contributed by atoms with Gasteiger partial charge in [-0.3, -0.25) is 0 Å². The summed E-state index contributed by atoms with van der Waals surface area (Å²) in [5.41, 5.74) is 1.82. The predicted octanol–water partition coefficient (Wildman–Crippen LogP) is 7.47. The van der Waals surface area contributed by atoms with E-state index in [0.717, 1.165) is 20.1 Å². The number of ether oxygens (including phenoxy) is 3. The van der Waals surface area contributed by atoms with Crippen molar-refractivity contribution >= 4 is 72.9 Å². The molecule has 1 aliphatic heterocycles. The van der Waals surface area contributed by atoms with Gasteiger partial charge in [0.2, 0.25) is 5.90 Å². The smallest absolute Gasteiger partial charge is 0.363 e. The number of nitrogens with zero attached hydrogens (tertiary/aromatic N) is 1. The number of carbonyl (C=O) groups excluding carboxylic acids is 2. The van der Waals surface area contributed by atoms with E-state index < -0.39 is 11.9 Å². The van der Waals surface area contributed by atoms with Gasteiger partial charge in [-0.1, -0.05) is 70.0 Å². The molecule has 0 amide bonds. The molecule has 186 valence electrons. The van der Waals surface area contributed by atoms with Crippen molar-refractivity contribution in [3.63, 3.8) is 0 Å². The van der Waals surface area contributed by atoms with Crippen LogP contribution in [0.1, 0.15) is 27.7 Å². The second-order valence-electron chi connectivity index (χ2n) is 8.00. The van der Waals surface area contributed by atoms with Crippen LogP contribution in [0.3, 0.4) is 0 Å². The molecule has 0 aliphatic carbocycles. The SMILES string of the molecule is CCOc1cc(/C=C2/N=C(Cc3ccccc3)OC2=O)ccc1OC(=O)c1sc2cc(Br)ccc2c1Cl. The highest BCUT2D eigenvalue weighted by Gasteiger charge is 2.24. The molecular formula is C28H19BrClNO5S. The second-order valence-corrected chi connectivity index (χ2v) is 10.3. The third-order valence-corrected chi connectivity index (χ3v) is 7.54. The van der Waals surface area contributed by atoms with E-state index in [1.54, 1.807) is 24.3 Å². The molecule has 4 aromatic rings. The summed E-state index contributed by atoms with van der Waals surface area (Å²) < 4.78 is 18.5. The van der Waals surface area contributed by atoms with Crippen LogP contribution in [-0.2, 0) is 16.0 Å². The van der Waals surface area contributed by atoms with Gasteiger partial charge in [0.05, 0.1) is 11.6 Å². The molecule has 0 unspecified atom stereocenters. The van der Waals surface area contributed by atoms with Crippen molar-refractivity contribution in [3.05, 3.63) is 97.9 Å². The Labute approximate surface area is 230 Å². The number of hydrogen-bond donors (Lipinski definition) is 0. The average Bonchev–Trinajstić information content (AvgIpc) is 3.39. The van der Waals surface area contributed by atoms with Gasteiger partial charge in [-0.25, -0.2) is 14.6 Å². The molecule has 3 aromatic carbocycles. The number of rotatable bonds is 7. The van der Waals surface area contributed by atoms with Crippen molar-refractivity contribution in [2.24, 2.45) is 4.99 Å². The maximum atomic E-state index is 13.0. The lowest BCUT2D eigenvalue weighted by Gasteiger charge is -2.11. The van der Waals surface area contributed by atoms with Crippen LogP contribution < -0.4 is 9.47 Å². The number of thiophene rings is 1. The lowest BCUT2D eigenvalue weighted by atomic mass is 10.1. The summed E-state index contributed by atoms with van der Waals surface area (Å²) in [6, 6.07) is 20.3. The molecule has 9 heteroatoms. The summed E-state index contributed by atoms with van der Waals surface area (Å²) in [5.74, 6) is -0.171. The van der Waals surface area contributed by atoms with Crippen molar-refractivity contribution in [3.8, 4) is 11.5 Å². The number of cyclic esters (lactones) is 1. The molecule has 6 nitrogen and oxygen atoms in total. The first kappa shape index (κ1) is 25.2. The second kappa shape index (κ2) is 10.9. The number of esters is 2. The standard InChI is InChI=1S/C28H19BrClNO5S/c1-2-34-22-13-17(12-20-27(32)36-24(31-20)14-16-6-4-3-5-7-16)8-11-21(22)35-28(33)26-25(30)19-10-9-18(29)15-23(19)37-26/h3-13,15H,2,14H2,1H3/b20-12+. The summed E-state index contributed by atoms with van der Waals surface area (Å²) in [4.78, 5) is 30.0. The van der Waals surface area contributed by atoms with Gasteiger partial charge in [-0.15, -0.1) is 11.3 Å². The quantitative estimate of drug-likeness (QED) is 0.126. The molecule has 1 aromatic heterocycles. The molecule has 0 atom stereocenters. The largest absolute Gasteiger partial charge is 0.490 e. The summed E-state index contributed by atoms with van der Waals surface area (Å²) in [7, 11) is 0. The topological polar surface area (TPSA) is 74.2 Å². The minimum absolute atomic E-state index is 0.182. The van der Waals surface area contributed by atoms with E-state index in [-0.39, 0.29) is 11.4 Å². The Kier molecular flexibility index (Phi) is 7.41. The molecule has 5 rings (SSSR count). The number of halogens is 2. The van der Waals surface area contributed by atoms with Crippen molar-refractivity contribution < 1.29 is 23.8 Å². The Morgan fingerprint density at radius 2 is 1.92 bits per heavy atom. The fourth-order valence-corrected chi connectivity index (χ4v) is 5.68. The van der Waals surface area contributed by atoms with Gasteiger partial charge in [0.25, 0.3) is 0 Å². The maximum Gasteiger partial charge on any atom is 0.363 e. The molecule has 1 aliphatic rings. The molecular weight excluding hydrogens is 578 g/mol. The van der Waals surface area contributed by atoms with Gasteiger partial charge in [-0.05, 0) is 48.4 Å². The highest BCUT2D eigenvalue weighted by Crippen LogP contribution is 2.38. The summed E-state index contributed by atoms with van der Waals surface area (Å²) >= 11 is 11.2. The molecule has 0 bridgehead atoms. The van der Waals surface area contributed by atoms with Gasteiger partial charge in [0.1, 0.15) is 4.88 Å². The van der Waals surface area contributed by atoms with Crippen molar-refractivity contribution in [2.75, 3.05) is 6.61 Å². The van der Waals surface area contributed by atoms with Crippen LogP contribution in [0.15, 0.2) is 81.9 Å². The Hall–Kier alpha value is -3.46. The fraction of sp³-hybridized carbons (Fsp3) is 0.107. The van der Waals surface area contributed by atoms with Crippen LogP contribution in [0.5, 0.6) is 11.5 Å². The number of fused-ring (bicyclic) bond motifs is 1. The summed E-state index contributed by atoms with van der Waals surface area (Å²) in [6.45, 7) is 2.18. The van der Waals surface area contributed by atoms with E-state index in [1.165, 1.54) is 11.3 Å². The van der Waals surface area contributed by atoms with Crippen molar-refractivity contribution in [1.82, 2.24) is 0 Å². The Balaban J connectivity index is 1.38. The zero-order valence-electron chi connectivity index (χ0n) is 19.5. The van der Waals surface area contributed by atoms with E-state index in [0.29, 0.717) is 40.1 Å². The van der Waals surface area contributed by atoms with Gasteiger partial charge < -0.3 is 14.2 Å². The van der Waals surface area contributed by atoms with Crippen LogP contribution in [0.4, 0.5) is 0 Å². The molecule has 0 saturated heterocycles. The minimum atomic E-state index is -0.580. The van der Waals surface area contributed by atoms with E-state index in [1.807, 2.05) is 55.5 Å². The highest BCUT2D eigenvalue weighted by molar-refractivity contribution is 9.10. The molecule has 0 saturated carbocycles. The number of hydrogen-bond acceptors (Lipinski definition) is 7. The first-order chi connectivity index (χ1) is 17.9. The fourth-order valence-electron chi connectivity index (χ4n) is 3.74. The summed E-state index contributed by atoms with van der Waals surface area (Å²) in [6.07, 6.45) is 2.02. The van der Waals surface area contributed by atoms with Gasteiger partial charge in [0, 0.05) is 21.0 Å². The van der Waals surface area contributed by atoms with Crippen LogP contribution in [0.2, 0.25) is 5.02 Å². The normalized spacial score (nSPS) is 14.1. The third-order valence-electron chi connectivity index (χ3n) is 5.41. The lowest BCUT2D eigenvalue weighted by molar-refractivity contribution is -0.130. The Bertz CT molecular complexity index is 1580. The third kappa shape index (κ3) is 5.61. The van der Waals surface area contributed by atoms with Crippen molar-refractivity contribution in [2.45, 2.75) is 13.3 Å². The average molecular weight is 597 g/mol. The van der Waals surface area contributed by atoms with E-state index in [2.05, 4.69) is 20.9 Å². The number of benzene rings is 3. The molecule has 0 fully saturated rings. The van der Waals surface area contributed by atoms with Crippen LogP contribution in [0.25, 0.3) is 16.2 Å². The Morgan fingerprint density at radius 1 is 1.11 bits per heavy atom. The van der Waals surface area contributed by atoms with Crippen LogP contribution >= 0.6 is 38.9 Å². The monoisotopic (exact) mass is 595 g/mol. The van der Waals surface area contributed by atoms with Gasteiger partial charge >= 0.3 is 11.9 Å². The van der Waals surface area contributed by atoms with Gasteiger partial charge in [0.15, 0.2) is 17.2 Å². The van der Waals surface area contributed by atoms with Crippen LogP contribution in [0, 0.1) is 0 Å². The maximum absolute atomic E-state index is 13.0. The Morgan fingerprint density at radius 3 is 2.70 bits per heavy atom. The van der Waals surface area contributed by atoms with Crippen LogP contribution in [-0.4, -0.2) is 24.4 Å².